The quantitative estimate of drug-likeness (QED) is 0.643. The van der Waals surface area contributed by atoms with E-state index >= 15 is 0 Å². The molecule has 29 heavy (non-hydrogen) atoms. The number of benzene rings is 2. The molecule has 0 atom stereocenters. The van der Waals surface area contributed by atoms with Gasteiger partial charge < -0.3 is 14.8 Å². The highest BCUT2D eigenvalue weighted by Crippen LogP contribution is 2.32. The predicted molar refractivity (Wildman–Crippen MR) is 114 cm³/mol. The summed E-state index contributed by atoms with van der Waals surface area (Å²) in [5.41, 5.74) is 3.49. The average Bonchev–Trinajstić information content (AvgIpc) is 2.66. The van der Waals surface area contributed by atoms with Crippen LogP contribution >= 0.6 is 0 Å². The largest absolute Gasteiger partial charge is 0.490 e. The van der Waals surface area contributed by atoms with Crippen molar-refractivity contribution in [3.63, 3.8) is 0 Å². The Bertz CT molecular complexity index is 863. The molecule has 5 nitrogen and oxygen atoms in total. The van der Waals surface area contributed by atoms with Crippen LogP contribution in [0.4, 0.5) is 0 Å². The van der Waals surface area contributed by atoms with Gasteiger partial charge in [0.1, 0.15) is 31.1 Å². The molecule has 0 radical (unpaired) electrons. The summed E-state index contributed by atoms with van der Waals surface area (Å²) in [6, 6.07) is 15.9. The Kier molecular flexibility index (Phi) is 8.09. The molecule has 0 aliphatic heterocycles. The van der Waals surface area contributed by atoms with E-state index in [4.69, 9.17) is 14.7 Å². The number of hydrogen-bond donors (Lipinski definition) is 1. The molecule has 0 spiro atoms. The smallest absolute Gasteiger partial charge is 0.234 e. The SMILES string of the molecule is Cc1ccc(OCCOc2cccc(CCNC(=O)CC#N)c2)c(C(C)(C)C)c1. The molecule has 0 aliphatic rings. The number of amides is 1. The molecule has 0 heterocycles. The highest BCUT2D eigenvalue weighted by molar-refractivity contribution is 5.77. The third-order valence-corrected chi connectivity index (χ3v) is 4.43. The molecular weight excluding hydrogens is 364 g/mol. The lowest BCUT2D eigenvalue weighted by Crippen LogP contribution is -2.24. The van der Waals surface area contributed by atoms with Crippen LogP contribution < -0.4 is 14.8 Å². The number of carbonyl (C=O) groups excluding carboxylic acids is 1. The summed E-state index contributed by atoms with van der Waals surface area (Å²) >= 11 is 0. The molecule has 0 saturated heterocycles. The minimum Gasteiger partial charge on any atom is -0.490 e. The van der Waals surface area contributed by atoms with Gasteiger partial charge in [-0.25, -0.2) is 0 Å². The molecule has 1 amide bonds. The van der Waals surface area contributed by atoms with Gasteiger partial charge in [-0.1, -0.05) is 50.6 Å². The van der Waals surface area contributed by atoms with Gasteiger partial charge in [0.15, 0.2) is 0 Å². The highest BCUT2D eigenvalue weighted by atomic mass is 16.5. The van der Waals surface area contributed by atoms with Crippen molar-refractivity contribution in [1.82, 2.24) is 5.32 Å². The molecule has 0 fully saturated rings. The standard InChI is InChI=1S/C24H30N2O3/c1-18-8-9-22(21(16-18)24(2,3)4)29-15-14-28-20-7-5-6-19(17-20)11-13-26-23(27)10-12-25/h5-9,16-17H,10-11,13-15H2,1-4H3,(H,26,27). The van der Waals surface area contributed by atoms with Crippen molar-refractivity contribution in [3.8, 4) is 17.6 Å². The molecule has 0 aliphatic carbocycles. The van der Waals surface area contributed by atoms with Crippen molar-refractivity contribution in [2.45, 2.75) is 46.0 Å². The van der Waals surface area contributed by atoms with Crippen LogP contribution in [-0.4, -0.2) is 25.7 Å². The fourth-order valence-corrected chi connectivity index (χ4v) is 2.94. The molecule has 0 bridgehead atoms. The lowest BCUT2D eigenvalue weighted by molar-refractivity contribution is -0.120. The van der Waals surface area contributed by atoms with E-state index in [-0.39, 0.29) is 17.7 Å². The molecule has 154 valence electrons. The predicted octanol–water partition coefficient (Wildman–Crippen LogP) is 4.32. The second-order valence-corrected chi connectivity index (χ2v) is 8.03. The topological polar surface area (TPSA) is 71.3 Å². The molecule has 2 rings (SSSR count). The summed E-state index contributed by atoms with van der Waals surface area (Å²) in [5, 5.41) is 11.2. The number of aryl methyl sites for hydroxylation is 1. The van der Waals surface area contributed by atoms with E-state index in [9.17, 15) is 4.79 Å². The molecular formula is C24H30N2O3. The Hall–Kier alpha value is -3.00. The van der Waals surface area contributed by atoms with E-state index in [1.54, 1.807) is 0 Å². The van der Waals surface area contributed by atoms with Crippen LogP contribution in [-0.2, 0) is 16.6 Å². The monoisotopic (exact) mass is 394 g/mol. The summed E-state index contributed by atoms with van der Waals surface area (Å²) in [7, 11) is 0. The zero-order valence-corrected chi connectivity index (χ0v) is 17.7. The molecule has 0 aromatic heterocycles. The molecule has 2 aromatic rings. The summed E-state index contributed by atoms with van der Waals surface area (Å²) in [4.78, 5) is 11.3. The summed E-state index contributed by atoms with van der Waals surface area (Å²) in [5.74, 6) is 1.42. The van der Waals surface area contributed by atoms with Crippen LogP contribution in [0.1, 0.15) is 43.9 Å². The van der Waals surface area contributed by atoms with Crippen molar-refractivity contribution in [2.24, 2.45) is 0 Å². The lowest BCUT2D eigenvalue weighted by atomic mass is 9.85. The van der Waals surface area contributed by atoms with Gasteiger partial charge in [0.2, 0.25) is 5.91 Å². The second-order valence-electron chi connectivity index (χ2n) is 8.03. The van der Waals surface area contributed by atoms with Gasteiger partial charge in [0.25, 0.3) is 0 Å². The van der Waals surface area contributed by atoms with Crippen molar-refractivity contribution in [3.05, 3.63) is 59.2 Å². The number of nitriles is 1. The first kappa shape index (κ1) is 22.3. The minimum absolute atomic E-state index is 0.0131. The van der Waals surface area contributed by atoms with Gasteiger partial charge in [-0.3, -0.25) is 4.79 Å². The molecule has 5 heteroatoms. The van der Waals surface area contributed by atoms with E-state index < -0.39 is 0 Å². The van der Waals surface area contributed by atoms with Crippen LogP contribution in [0.3, 0.4) is 0 Å². The summed E-state index contributed by atoms with van der Waals surface area (Å²) in [6.07, 6.45) is 0.574. The summed E-state index contributed by atoms with van der Waals surface area (Å²) in [6.45, 7) is 10.0. The number of nitrogens with one attached hydrogen (secondary N) is 1. The van der Waals surface area contributed by atoms with E-state index in [1.165, 1.54) is 11.1 Å². The van der Waals surface area contributed by atoms with Gasteiger partial charge in [0.05, 0.1) is 6.07 Å². The van der Waals surface area contributed by atoms with Crippen LogP contribution in [0.2, 0.25) is 0 Å². The van der Waals surface area contributed by atoms with Gasteiger partial charge in [-0.2, -0.15) is 5.26 Å². The van der Waals surface area contributed by atoms with Crippen LogP contribution in [0.15, 0.2) is 42.5 Å². The Balaban J connectivity index is 1.83. The van der Waals surface area contributed by atoms with Gasteiger partial charge in [-0.05, 0) is 48.1 Å². The Morgan fingerprint density at radius 1 is 1.10 bits per heavy atom. The van der Waals surface area contributed by atoms with Gasteiger partial charge in [0, 0.05) is 6.54 Å². The fraction of sp³-hybridized carbons (Fsp3) is 0.417. The zero-order chi connectivity index (χ0) is 21.3. The Morgan fingerprint density at radius 2 is 1.86 bits per heavy atom. The number of nitrogens with zero attached hydrogens (tertiary/aromatic N) is 1. The number of carbonyl (C=O) groups is 1. The molecule has 0 unspecified atom stereocenters. The maximum absolute atomic E-state index is 11.3. The van der Waals surface area contributed by atoms with Crippen LogP contribution in [0, 0.1) is 18.3 Å². The zero-order valence-electron chi connectivity index (χ0n) is 17.7. The minimum atomic E-state index is -0.247. The van der Waals surface area contributed by atoms with Gasteiger partial charge in [-0.15, -0.1) is 0 Å². The van der Waals surface area contributed by atoms with Crippen molar-refractivity contribution < 1.29 is 14.3 Å². The maximum atomic E-state index is 11.3. The first-order valence-electron chi connectivity index (χ1n) is 9.89. The number of ether oxygens (including phenoxy) is 2. The third-order valence-electron chi connectivity index (χ3n) is 4.43. The lowest BCUT2D eigenvalue weighted by Gasteiger charge is -2.23. The van der Waals surface area contributed by atoms with Crippen LogP contribution in [0.25, 0.3) is 0 Å². The van der Waals surface area contributed by atoms with Crippen LogP contribution in [0.5, 0.6) is 11.5 Å². The Morgan fingerprint density at radius 3 is 2.59 bits per heavy atom. The van der Waals surface area contributed by atoms with E-state index in [1.807, 2.05) is 36.4 Å². The van der Waals surface area contributed by atoms with E-state index in [2.05, 4.69) is 45.1 Å². The molecule has 1 N–H and O–H groups in total. The highest BCUT2D eigenvalue weighted by Gasteiger charge is 2.19. The van der Waals surface area contributed by atoms with Crippen molar-refractivity contribution >= 4 is 5.91 Å². The molecule has 0 saturated carbocycles. The first-order valence-corrected chi connectivity index (χ1v) is 9.89. The van der Waals surface area contributed by atoms with E-state index in [0.29, 0.717) is 26.2 Å². The summed E-state index contributed by atoms with van der Waals surface area (Å²) < 4.78 is 11.8. The van der Waals surface area contributed by atoms with Crippen molar-refractivity contribution in [1.29, 1.82) is 5.26 Å². The average molecular weight is 395 g/mol. The maximum Gasteiger partial charge on any atom is 0.234 e. The van der Waals surface area contributed by atoms with E-state index in [0.717, 1.165) is 17.1 Å². The normalized spacial score (nSPS) is 10.9. The third kappa shape index (κ3) is 7.50. The number of rotatable bonds is 9. The van der Waals surface area contributed by atoms with Crippen molar-refractivity contribution in [2.75, 3.05) is 19.8 Å². The van der Waals surface area contributed by atoms with Gasteiger partial charge >= 0.3 is 0 Å². The Labute approximate surface area is 173 Å². The second kappa shape index (κ2) is 10.5. The first-order chi connectivity index (χ1) is 13.8. The molecule has 2 aromatic carbocycles. The fourth-order valence-electron chi connectivity index (χ4n) is 2.94. The number of hydrogen-bond acceptors (Lipinski definition) is 4.